The van der Waals surface area contributed by atoms with Crippen LogP contribution in [0.25, 0.3) is 11.8 Å². The van der Waals surface area contributed by atoms with Crippen molar-refractivity contribution in [1.82, 2.24) is 9.78 Å². The minimum atomic E-state index is -0.456. The number of hydrogen-bond donors (Lipinski definition) is 0. The van der Waals surface area contributed by atoms with E-state index in [1.807, 2.05) is 36.5 Å². The molecule has 0 spiro atoms. The Morgan fingerprint density at radius 3 is 2.61 bits per heavy atom. The van der Waals surface area contributed by atoms with E-state index in [9.17, 15) is 4.79 Å². The summed E-state index contributed by atoms with van der Waals surface area (Å²) in [6, 6.07) is 12.9. The molecule has 0 aliphatic carbocycles. The highest BCUT2D eigenvalue weighted by atomic mass is 35.5. The van der Waals surface area contributed by atoms with Crippen molar-refractivity contribution in [3.63, 3.8) is 0 Å². The van der Waals surface area contributed by atoms with Gasteiger partial charge in [0.05, 0.1) is 24.9 Å². The van der Waals surface area contributed by atoms with Gasteiger partial charge >= 0.3 is 5.97 Å². The highest BCUT2D eigenvalue weighted by Gasteiger charge is 2.10. The number of aromatic nitrogens is 2. The van der Waals surface area contributed by atoms with Crippen molar-refractivity contribution >= 4 is 23.6 Å². The van der Waals surface area contributed by atoms with Gasteiger partial charge in [0.25, 0.3) is 0 Å². The lowest BCUT2D eigenvalue weighted by Gasteiger charge is -2.10. The van der Waals surface area contributed by atoms with E-state index in [4.69, 9.17) is 25.8 Å². The molecule has 28 heavy (non-hydrogen) atoms. The van der Waals surface area contributed by atoms with Crippen molar-refractivity contribution < 1.29 is 19.0 Å². The number of carbonyl (C=O) groups is 1. The van der Waals surface area contributed by atoms with E-state index in [0.29, 0.717) is 22.1 Å². The number of esters is 1. The first kappa shape index (κ1) is 19.5. The lowest BCUT2D eigenvalue weighted by Crippen LogP contribution is -2.01. The van der Waals surface area contributed by atoms with E-state index in [-0.39, 0.29) is 6.61 Å². The molecular weight excluding hydrogens is 380 g/mol. The average Bonchev–Trinajstić information content (AvgIpc) is 3.25. The summed E-state index contributed by atoms with van der Waals surface area (Å²) in [5.41, 5.74) is 2.51. The Morgan fingerprint density at radius 1 is 1.18 bits per heavy atom. The van der Waals surface area contributed by atoms with Crippen molar-refractivity contribution in [2.24, 2.45) is 0 Å². The van der Waals surface area contributed by atoms with Gasteiger partial charge in [-0.1, -0.05) is 23.7 Å². The lowest BCUT2D eigenvalue weighted by molar-refractivity contribution is -0.138. The molecule has 0 unspecified atom stereocenters. The van der Waals surface area contributed by atoms with Crippen LogP contribution in [0.1, 0.15) is 11.1 Å². The third-order valence-corrected chi connectivity index (χ3v) is 4.23. The van der Waals surface area contributed by atoms with Gasteiger partial charge in [-0.05, 0) is 47.5 Å². The topological polar surface area (TPSA) is 62.6 Å². The molecule has 0 atom stereocenters. The van der Waals surface area contributed by atoms with Crippen LogP contribution in [0.4, 0.5) is 0 Å². The zero-order valence-electron chi connectivity index (χ0n) is 15.5. The van der Waals surface area contributed by atoms with Gasteiger partial charge in [0, 0.05) is 18.5 Å². The fraction of sp³-hybridized carbons (Fsp3) is 0.143. The minimum absolute atomic E-state index is 0.176. The van der Waals surface area contributed by atoms with E-state index in [0.717, 1.165) is 11.3 Å². The summed E-state index contributed by atoms with van der Waals surface area (Å²) in [5, 5.41) is 4.56. The maximum absolute atomic E-state index is 12.0. The van der Waals surface area contributed by atoms with Gasteiger partial charge in [-0.25, -0.2) is 9.48 Å². The normalized spacial score (nSPS) is 10.8. The minimum Gasteiger partial charge on any atom is -0.493 e. The molecule has 0 saturated carbocycles. The number of halogens is 1. The largest absolute Gasteiger partial charge is 0.493 e. The molecule has 0 saturated heterocycles. The monoisotopic (exact) mass is 398 g/mol. The van der Waals surface area contributed by atoms with Crippen molar-refractivity contribution in [3.8, 4) is 17.2 Å². The molecule has 1 aromatic heterocycles. The van der Waals surface area contributed by atoms with Crippen LogP contribution in [0.3, 0.4) is 0 Å². The Kier molecular flexibility index (Phi) is 6.34. The first-order valence-electron chi connectivity index (χ1n) is 8.46. The second-order valence-corrected chi connectivity index (χ2v) is 6.20. The Hall–Kier alpha value is -3.25. The molecule has 3 rings (SSSR count). The molecule has 144 valence electrons. The van der Waals surface area contributed by atoms with E-state index >= 15 is 0 Å². The summed E-state index contributed by atoms with van der Waals surface area (Å²) in [6.07, 6.45) is 6.53. The number of carbonyl (C=O) groups excluding carboxylic acids is 1. The van der Waals surface area contributed by atoms with Crippen molar-refractivity contribution in [1.29, 1.82) is 0 Å². The second kappa shape index (κ2) is 9.10. The molecule has 1 heterocycles. The molecule has 0 N–H and O–H groups in total. The van der Waals surface area contributed by atoms with Crippen molar-refractivity contribution in [2.75, 3.05) is 14.2 Å². The maximum Gasteiger partial charge on any atom is 0.331 e. The fourth-order valence-electron chi connectivity index (χ4n) is 2.57. The van der Waals surface area contributed by atoms with Crippen LogP contribution < -0.4 is 9.47 Å². The van der Waals surface area contributed by atoms with Crippen LogP contribution in [-0.4, -0.2) is 30.0 Å². The third-order valence-electron chi connectivity index (χ3n) is 3.95. The number of rotatable bonds is 7. The summed E-state index contributed by atoms with van der Waals surface area (Å²) in [5.74, 6) is 0.477. The van der Waals surface area contributed by atoms with Gasteiger partial charge in [-0.2, -0.15) is 5.10 Å². The molecule has 0 amide bonds. The Morgan fingerprint density at radius 2 is 1.96 bits per heavy atom. The number of benzene rings is 2. The maximum atomic E-state index is 12.0. The van der Waals surface area contributed by atoms with Crippen LogP contribution >= 0.6 is 11.6 Å². The molecule has 3 aromatic rings. The van der Waals surface area contributed by atoms with Gasteiger partial charge in [0.15, 0.2) is 11.5 Å². The van der Waals surface area contributed by atoms with Gasteiger partial charge in [-0.3, -0.25) is 0 Å². The first-order valence-corrected chi connectivity index (χ1v) is 8.84. The summed E-state index contributed by atoms with van der Waals surface area (Å²) >= 11 is 6.16. The summed E-state index contributed by atoms with van der Waals surface area (Å²) in [7, 11) is 3.03. The Bertz CT molecular complexity index is 967. The molecule has 0 bridgehead atoms. The SMILES string of the molecule is COc1cc(/C=C/C(=O)OCc2ccc(-n3cccn3)cc2)cc(Cl)c1OC. The van der Waals surface area contributed by atoms with Crippen molar-refractivity contribution in [3.05, 3.63) is 77.1 Å². The Labute approximate surface area is 167 Å². The highest BCUT2D eigenvalue weighted by Crippen LogP contribution is 2.36. The Balaban J connectivity index is 1.59. The predicted molar refractivity (Wildman–Crippen MR) is 107 cm³/mol. The third kappa shape index (κ3) is 4.72. The molecule has 0 aliphatic heterocycles. The zero-order valence-corrected chi connectivity index (χ0v) is 16.2. The number of methoxy groups -OCH3 is 2. The highest BCUT2D eigenvalue weighted by molar-refractivity contribution is 6.32. The lowest BCUT2D eigenvalue weighted by atomic mass is 10.2. The standard InChI is InChI=1S/C21H19ClN2O4/c1-26-19-13-16(12-18(22)21(19)27-2)6-9-20(25)28-14-15-4-7-17(8-5-15)24-11-3-10-23-24/h3-13H,14H2,1-2H3/b9-6+. The molecule has 0 radical (unpaired) electrons. The second-order valence-electron chi connectivity index (χ2n) is 5.80. The summed E-state index contributed by atoms with van der Waals surface area (Å²) in [6.45, 7) is 0.176. The van der Waals surface area contributed by atoms with Gasteiger partial charge in [0.2, 0.25) is 0 Å². The van der Waals surface area contributed by atoms with Gasteiger partial charge in [0.1, 0.15) is 6.61 Å². The summed E-state index contributed by atoms with van der Waals surface area (Å²) in [4.78, 5) is 12.0. The number of hydrogen-bond acceptors (Lipinski definition) is 5. The van der Waals surface area contributed by atoms with E-state index < -0.39 is 5.97 Å². The van der Waals surface area contributed by atoms with Gasteiger partial charge in [-0.15, -0.1) is 0 Å². The average molecular weight is 399 g/mol. The van der Waals surface area contributed by atoms with E-state index in [1.165, 1.54) is 20.3 Å². The smallest absolute Gasteiger partial charge is 0.331 e. The van der Waals surface area contributed by atoms with Crippen LogP contribution in [0.5, 0.6) is 11.5 Å². The predicted octanol–water partition coefficient (Wildman–Crippen LogP) is 4.30. The van der Waals surface area contributed by atoms with E-state index in [1.54, 1.807) is 29.1 Å². The van der Waals surface area contributed by atoms with Gasteiger partial charge < -0.3 is 14.2 Å². The quantitative estimate of drug-likeness (QED) is 0.438. The number of nitrogens with zero attached hydrogens (tertiary/aromatic N) is 2. The van der Waals surface area contributed by atoms with Crippen molar-refractivity contribution in [2.45, 2.75) is 6.61 Å². The molecule has 0 fully saturated rings. The molecular formula is C21H19ClN2O4. The van der Waals surface area contributed by atoms with E-state index in [2.05, 4.69) is 5.10 Å². The molecule has 6 nitrogen and oxygen atoms in total. The van der Waals surface area contributed by atoms with Crippen LogP contribution in [0.15, 0.2) is 60.9 Å². The summed E-state index contributed by atoms with van der Waals surface area (Å²) < 4.78 is 17.5. The molecule has 7 heteroatoms. The first-order chi connectivity index (χ1) is 13.6. The number of ether oxygens (including phenoxy) is 3. The van der Waals surface area contributed by atoms with Crippen LogP contribution in [0.2, 0.25) is 5.02 Å². The van der Waals surface area contributed by atoms with Crippen LogP contribution in [0, 0.1) is 0 Å². The zero-order chi connectivity index (χ0) is 19.9. The van der Waals surface area contributed by atoms with Crippen LogP contribution in [-0.2, 0) is 16.1 Å². The molecule has 2 aromatic carbocycles. The fourth-order valence-corrected chi connectivity index (χ4v) is 2.86. The molecule has 0 aliphatic rings.